The van der Waals surface area contributed by atoms with E-state index in [0.29, 0.717) is 24.9 Å². The zero-order valence-electron chi connectivity index (χ0n) is 17.7. The molecule has 4 rings (SSSR count). The van der Waals surface area contributed by atoms with Crippen molar-refractivity contribution in [2.24, 2.45) is 0 Å². The summed E-state index contributed by atoms with van der Waals surface area (Å²) in [5, 5.41) is 3.51. The van der Waals surface area contributed by atoms with Crippen LogP contribution in [0.3, 0.4) is 0 Å². The van der Waals surface area contributed by atoms with Crippen molar-refractivity contribution in [1.29, 1.82) is 0 Å². The topological polar surface area (TPSA) is 85.4 Å². The summed E-state index contributed by atoms with van der Waals surface area (Å²) in [6.07, 6.45) is 3.68. The van der Waals surface area contributed by atoms with Gasteiger partial charge in [0.15, 0.2) is 0 Å². The molecule has 0 aliphatic carbocycles. The highest BCUT2D eigenvalue weighted by atomic mass is 19.1. The molecule has 8 heteroatoms. The number of piperidine rings is 1. The van der Waals surface area contributed by atoms with E-state index >= 15 is 0 Å². The van der Waals surface area contributed by atoms with Crippen LogP contribution in [0.25, 0.3) is 11.0 Å². The minimum atomic E-state index is -0.370. The summed E-state index contributed by atoms with van der Waals surface area (Å²) in [5.74, 6) is 0.269. The third-order valence-corrected chi connectivity index (χ3v) is 5.94. The molecular formula is C23H28FN5O2. The number of methoxy groups -OCH3 is 1. The van der Waals surface area contributed by atoms with Crippen LogP contribution in [0.4, 0.5) is 10.1 Å². The highest BCUT2D eigenvalue weighted by Crippen LogP contribution is 2.18. The standard InChI is InChI=1S/C23H28FN5O2/c1-31-18-13-22-21(27-15-18)4-5-23(30)29(22)11-10-28-8-6-17(7-9-28)26-14-16-2-3-20(25)19(24)12-16/h2-5,12-13,15,17,26H,6-11,14,25H2,1H3. The lowest BCUT2D eigenvalue weighted by molar-refractivity contribution is 0.191. The number of halogens is 1. The normalized spacial score (nSPS) is 15.4. The number of nitrogens with two attached hydrogens (primary N) is 1. The van der Waals surface area contributed by atoms with Crippen LogP contribution in [0.1, 0.15) is 18.4 Å². The lowest BCUT2D eigenvalue weighted by Crippen LogP contribution is -2.43. The second kappa shape index (κ2) is 9.45. The summed E-state index contributed by atoms with van der Waals surface area (Å²) in [5.41, 5.74) is 8.15. The van der Waals surface area contributed by atoms with E-state index in [9.17, 15) is 9.18 Å². The molecule has 3 N–H and O–H groups in total. The van der Waals surface area contributed by atoms with Gasteiger partial charge in [0.05, 0.1) is 30.0 Å². The monoisotopic (exact) mass is 425 g/mol. The van der Waals surface area contributed by atoms with Crippen molar-refractivity contribution < 1.29 is 9.13 Å². The predicted octanol–water partition coefficient (Wildman–Crippen LogP) is 2.38. The number of benzene rings is 1. The largest absolute Gasteiger partial charge is 0.495 e. The van der Waals surface area contributed by atoms with E-state index < -0.39 is 0 Å². The van der Waals surface area contributed by atoms with Gasteiger partial charge in [0.25, 0.3) is 5.56 Å². The summed E-state index contributed by atoms with van der Waals surface area (Å²) in [6, 6.07) is 10.5. The first-order valence-electron chi connectivity index (χ1n) is 10.6. The predicted molar refractivity (Wildman–Crippen MR) is 120 cm³/mol. The number of pyridine rings is 2. The van der Waals surface area contributed by atoms with Crippen molar-refractivity contribution in [3.05, 3.63) is 64.3 Å². The van der Waals surface area contributed by atoms with Gasteiger partial charge in [0.1, 0.15) is 11.6 Å². The van der Waals surface area contributed by atoms with E-state index in [4.69, 9.17) is 10.5 Å². The maximum absolute atomic E-state index is 13.6. The summed E-state index contributed by atoms with van der Waals surface area (Å²) >= 11 is 0. The van der Waals surface area contributed by atoms with Gasteiger partial charge in [-0.1, -0.05) is 6.07 Å². The fourth-order valence-corrected chi connectivity index (χ4v) is 4.04. The number of likely N-dealkylation sites (tertiary alicyclic amines) is 1. The Bertz CT molecular complexity index is 1110. The second-order valence-electron chi connectivity index (χ2n) is 7.96. The third-order valence-electron chi connectivity index (χ3n) is 5.94. The van der Waals surface area contributed by atoms with Crippen molar-refractivity contribution in [3.63, 3.8) is 0 Å². The van der Waals surface area contributed by atoms with E-state index in [1.165, 1.54) is 6.07 Å². The number of nitrogen functional groups attached to an aromatic ring is 1. The van der Waals surface area contributed by atoms with E-state index in [1.807, 2.05) is 12.1 Å². The van der Waals surface area contributed by atoms with Crippen molar-refractivity contribution in [2.75, 3.05) is 32.5 Å². The minimum absolute atomic E-state index is 0.0326. The number of rotatable bonds is 7. The van der Waals surface area contributed by atoms with Crippen LogP contribution in [-0.2, 0) is 13.1 Å². The number of fused-ring (bicyclic) bond motifs is 1. The highest BCUT2D eigenvalue weighted by Gasteiger charge is 2.19. The van der Waals surface area contributed by atoms with E-state index in [-0.39, 0.29) is 17.1 Å². The number of hydrogen-bond acceptors (Lipinski definition) is 6. The van der Waals surface area contributed by atoms with Crippen molar-refractivity contribution in [3.8, 4) is 5.75 Å². The number of nitrogens with one attached hydrogen (secondary N) is 1. The Balaban J connectivity index is 1.31. The molecule has 1 aliphatic heterocycles. The first-order valence-corrected chi connectivity index (χ1v) is 10.6. The van der Waals surface area contributed by atoms with Gasteiger partial charge in [-0.05, 0) is 49.7 Å². The zero-order chi connectivity index (χ0) is 21.8. The maximum atomic E-state index is 13.6. The van der Waals surface area contributed by atoms with Crippen molar-refractivity contribution in [1.82, 2.24) is 19.8 Å². The highest BCUT2D eigenvalue weighted by molar-refractivity contribution is 5.75. The molecule has 3 aromatic rings. The quantitative estimate of drug-likeness (QED) is 0.566. The zero-order valence-corrected chi connectivity index (χ0v) is 17.7. The molecule has 0 atom stereocenters. The van der Waals surface area contributed by atoms with Crippen LogP contribution < -0.4 is 21.3 Å². The van der Waals surface area contributed by atoms with Gasteiger partial charge >= 0.3 is 0 Å². The van der Waals surface area contributed by atoms with Crippen LogP contribution in [0, 0.1) is 5.82 Å². The number of ether oxygens (including phenoxy) is 1. The number of anilines is 1. The van der Waals surface area contributed by atoms with Gasteiger partial charge in [0.2, 0.25) is 0 Å². The Morgan fingerprint density at radius 1 is 1.19 bits per heavy atom. The lowest BCUT2D eigenvalue weighted by Gasteiger charge is -2.32. The Kier molecular flexibility index (Phi) is 6.48. The molecule has 164 valence electrons. The molecule has 0 radical (unpaired) electrons. The average Bonchev–Trinajstić information content (AvgIpc) is 2.79. The van der Waals surface area contributed by atoms with Crippen LogP contribution in [0.2, 0.25) is 0 Å². The maximum Gasteiger partial charge on any atom is 0.251 e. The molecule has 7 nitrogen and oxygen atoms in total. The fraction of sp³-hybridized carbons (Fsp3) is 0.391. The molecule has 0 saturated carbocycles. The van der Waals surface area contributed by atoms with Gasteiger partial charge in [-0.15, -0.1) is 0 Å². The third kappa shape index (κ3) is 5.03. The van der Waals surface area contributed by atoms with E-state index in [0.717, 1.165) is 49.1 Å². The molecule has 1 fully saturated rings. The van der Waals surface area contributed by atoms with Crippen LogP contribution in [0.5, 0.6) is 5.75 Å². The van der Waals surface area contributed by atoms with Crippen molar-refractivity contribution >= 4 is 16.7 Å². The van der Waals surface area contributed by atoms with E-state index in [1.54, 1.807) is 36.1 Å². The Hall–Kier alpha value is -2.97. The minimum Gasteiger partial charge on any atom is -0.495 e. The smallest absolute Gasteiger partial charge is 0.251 e. The molecule has 1 saturated heterocycles. The van der Waals surface area contributed by atoms with E-state index in [2.05, 4.69) is 15.2 Å². The molecule has 0 amide bonds. The summed E-state index contributed by atoms with van der Waals surface area (Å²) in [4.78, 5) is 19.2. The fourth-order valence-electron chi connectivity index (χ4n) is 4.04. The summed E-state index contributed by atoms with van der Waals surface area (Å²) < 4.78 is 20.6. The molecule has 0 bridgehead atoms. The van der Waals surface area contributed by atoms with Gasteiger partial charge in [-0.25, -0.2) is 4.39 Å². The SMILES string of the molecule is COc1cnc2ccc(=O)n(CCN3CCC(NCc4ccc(N)c(F)c4)CC3)c2c1. The number of nitrogens with zero attached hydrogens (tertiary/aromatic N) is 3. The Labute approximate surface area is 180 Å². The Morgan fingerprint density at radius 2 is 2.00 bits per heavy atom. The van der Waals surface area contributed by atoms with Gasteiger partial charge in [-0.3, -0.25) is 9.78 Å². The van der Waals surface area contributed by atoms with Gasteiger partial charge in [0, 0.05) is 37.8 Å². The number of aromatic nitrogens is 2. The lowest BCUT2D eigenvalue weighted by atomic mass is 10.0. The summed E-state index contributed by atoms with van der Waals surface area (Å²) in [6.45, 7) is 3.94. The average molecular weight is 426 g/mol. The second-order valence-corrected chi connectivity index (χ2v) is 7.96. The molecule has 3 heterocycles. The van der Waals surface area contributed by atoms with Crippen LogP contribution >= 0.6 is 0 Å². The Morgan fingerprint density at radius 3 is 2.74 bits per heavy atom. The number of hydrogen-bond donors (Lipinski definition) is 2. The van der Waals surface area contributed by atoms with Gasteiger partial charge in [-0.2, -0.15) is 0 Å². The van der Waals surface area contributed by atoms with Crippen molar-refractivity contribution in [2.45, 2.75) is 32.0 Å². The first kappa shape index (κ1) is 21.3. The van der Waals surface area contributed by atoms with Crippen LogP contribution in [-0.4, -0.2) is 47.2 Å². The molecule has 1 aliphatic rings. The molecular weight excluding hydrogens is 397 g/mol. The van der Waals surface area contributed by atoms with Crippen LogP contribution in [0.15, 0.2) is 47.4 Å². The molecule has 2 aromatic heterocycles. The molecule has 0 spiro atoms. The summed E-state index contributed by atoms with van der Waals surface area (Å²) in [7, 11) is 1.59. The first-order chi connectivity index (χ1) is 15.0. The van der Waals surface area contributed by atoms with Gasteiger partial charge < -0.3 is 25.3 Å². The molecule has 0 unspecified atom stereocenters. The molecule has 1 aromatic carbocycles. The molecule has 31 heavy (non-hydrogen) atoms.